The molecule has 2 heterocycles. The summed E-state index contributed by atoms with van der Waals surface area (Å²) < 4.78 is 6.73. The SMILES string of the molecule is COCCNc1ncnc2c1cnn2CCNC(=O)c1ccc(Cl)cc1Cl. The van der Waals surface area contributed by atoms with Crippen molar-refractivity contribution in [2.24, 2.45) is 0 Å². The number of hydrogen-bond donors (Lipinski definition) is 2. The number of carbonyl (C=O) groups is 1. The van der Waals surface area contributed by atoms with Crippen molar-refractivity contribution in [2.45, 2.75) is 6.54 Å². The van der Waals surface area contributed by atoms with E-state index in [0.29, 0.717) is 53.3 Å². The zero-order chi connectivity index (χ0) is 19.2. The van der Waals surface area contributed by atoms with Gasteiger partial charge in [-0.2, -0.15) is 5.10 Å². The van der Waals surface area contributed by atoms with Crippen molar-refractivity contribution in [3.8, 4) is 0 Å². The van der Waals surface area contributed by atoms with Crippen LogP contribution in [0.5, 0.6) is 0 Å². The first-order chi connectivity index (χ1) is 13.1. The van der Waals surface area contributed by atoms with Gasteiger partial charge in [-0.1, -0.05) is 23.2 Å². The molecule has 0 fully saturated rings. The molecule has 2 N–H and O–H groups in total. The van der Waals surface area contributed by atoms with Crippen LogP contribution in [0.1, 0.15) is 10.4 Å². The van der Waals surface area contributed by atoms with Crippen molar-refractivity contribution in [2.75, 3.05) is 32.1 Å². The number of amides is 1. The van der Waals surface area contributed by atoms with E-state index >= 15 is 0 Å². The molecular formula is C17H18Cl2N6O2. The maximum absolute atomic E-state index is 12.3. The first kappa shape index (κ1) is 19.3. The van der Waals surface area contributed by atoms with E-state index in [1.165, 1.54) is 12.4 Å². The summed E-state index contributed by atoms with van der Waals surface area (Å²) >= 11 is 11.9. The summed E-state index contributed by atoms with van der Waals surface area (Å²) in [4.78, 5) is 20.8. The lowest BCUT2D eigenvalue weighted by Crippen LogP contribution is -2.27. The molecule has 0 atom stereocenters. The number of anilines is 1. The predicted octanol–water partition coefficient (Wildman–Crippen LogP) is 2.62. The number of fused-ring (bicyclic) bond motifs is 1. The summed E-state index contributed by atoms with van der Waals surface area (Å²) in [6.45, 7) is 2.02. The zero-order valence-corrected chi connectivity index (χ0v) is 16.1. The number of benzene rings is 1. The van der Waals surface area contributed by atoms with Gasteiger partial charge in [-0.25, -0.2) is 14.6 Å². The molecule has 0 aliphatic rings. The first-order valence-electron chi connectivity index (χ1n) is 8.22. The smallest absolute Gasteiger partial charge is 0.252 e. The van der Waals surface area contributed by atoms with E-state index in [2.05, 4.69) is 25.7 Å². The number of halogens is 2. The van der Waals surface area contributed by atoms with Crippen LogP contribution in [-0.2, 0) is 11.3 Å². The number of nitrogens with zero attached hydrogens (tertiary/aromatic N) is 4. The number of rotatable bonds is 8. The van der Waals surface area contributed by atoms with E-state index in [4.69, 9.17) is 27.9 Å². The second kappa shape index (κ2) is 8.98. The van der Waals surface area contributed by atoms with Gasteiger partial charge >= 0.3 is 0 Å². The average Bonchev–Trinajstić information content (AvgIpc) is 3.06. The van der Waals surface area contributed by atoms with Crippen LogP contribution in [0, 0.1) is 0 Å². The Morgan fingerprint density at radius 2 is 2.11 bits per heavy atom. The van der Waals surface area contributed by atoms with Crippen molar-refractivity contribution in [3.63, 3.8) is 0 Å². The molecule has 0 saturated carbocycles. The Morgan fingerprint density at radius 3 is 2.89 bits per heavy atom. The third-order valence-electron chi connectivity index (χ3n) is 3.82. The molecule has 0 saturated heterocycles. The van der Waals surface area contributed by atoms with Crippen molar-refractivity contribution in [1.29, 1.82) is 0 Å². The maximum Gasteiger partial charge on any atom is 0.252 e. The van der Waals surface area contributed by atoms with Crippen LogP contribution < -0.4 is 10.6 Å². The molecule has 0 aliphatic heterocycles. The third-order valence-corrected chi connectivity index (χ3v) is 4.36. The molecule has 3 aromatic rings. The molecule has 2 aromatic heterocycles. The Morgan fingerprint density at radius 1 is 1.26 bits per heavy atom. The molecular weight excluding hydrogens is 391 g/mol. The third kappa shape index (κ3) is 4.65. The quantitative estimate of drug-likeness (QED) is 0.556. The first-order valence-corrected chi connectivity index (χ1v) is 8.98. The van der Waals surface area contributed by atoms with Gasteiger partial charge in [0.25, 0.3) is 5.91 Å². The van der Waals surface area contributed by atoms with Gasteiger partial charge in [-0.3, -0.25) is 4.79 Å². The van der Waals surface area contributed by atoms with Crippen LogP contribution in [-0.4, -0.2) is 52.5 Å². The molecule has 3 rings (SSSR count). The molecule has 0 aliphatic carbocycles. The second-order valence-corrected chi connectivity index (χ2v) is 6.47. The number of methoxy groups -OCH3 is 1. The monoisotopic (exact) mass is 408 g/mol. The Kier molecular flexibility index (Phi) is 6.44. The molecule has 0 bridgehead atoms. The summed E-state index contributed by atoms with van der Waals surface area (Å²) in [5, 5.41) is 11.9. The van der Waals surface area contributed by atoms with Gasteiger partial charge in [-0.15, -0.1) is 0 Å². The number of ether oxygens (including phenoxy) is 1. The Balaban J connectivity index is 1.63. The number of carbonyl (C=O) groups excluding carboxylic acids is 1. The maximum atomic E-state index is 12.3. The highest BCUT2D eigenvalue weighted by atomic mass is 35.5. The average molecular weight is 409 g/mol. The lowest BCUT2D eigenvalue weighted by atomic mass is 10.2. The number of hydrogen-bond acceptors (Lipinski definition) is 6. The highest BCUT2D eigenvalue weighted by Crippen LogP contribution is 2.21. The van der Waals surface area contributed by atoms with E-state index in [1.807, 2.05) is 0 Å². The number of nitrogens with one attached hydrogen (secondary N) is 2. The van der Waals surface area contributed by atoms with Gasteiger partial charge in [0.15, 0.2) is 5.65 Å². The summed E-state index contributed by atoms with van der Waals surface area (Å²) in [6.07, 6.45) is 3.17. The van der Waals surface area contributed by atoms with Gasteiger partial charge in [0, 0.05) is 25.2 Å². The second-order valence-electron chi connectivity index (χ2n) is 5.63. The van der Waals surface area contributed by atoms with Crippen molar-refractivity contribution in [1.82, 2.24) is 25.1 Å². The topological polar surface area (TPSA) is 94.0 Å². The van der Waals surface area contributed by atoms with E-state index in [0.717, 1.165) is 5.39 Å². The largest absolute Gasteiger partial charge is 0.383 e. The molecule has 0 radical (unpaired) electrons. The van der Waals surface area contributed by atoms with Crippen molar-refractivity contribution in [3.05, 3.63) is 46.3 Å². The fourth-order valence-corrected chi connectivity index (χ4v) is 3.01. The fraction of sp³-hybridized carbons (Fsp3) is 0.294. The molecule has 8 nitrogen and oxygen atoms in total. The molecule has 27 heavy (non-hydrogen) atoms. The molecule has 0 spiro atoms. The number of aromatic nitrogens is 4. The van der Waals surface area contributed by atoms with Crippen molar-refractivity contribution >= 4 is 46.0 Å². The van der Waals surface area contributed by atoms with Crippen LogP contribution >= 0.6 is 23.2 Å². The van der Waals surface area contributed by atoms with Gasteiger partial charge in [0.05, 0.1) is 35.3 Å². The Hall–Kier alpha value is -2.42. The van der Waals surface area contributed by atoms with Gasteiger partial charge in [0.2, 0.25) is 0 Å². The minimum Gasteiger partial charge on any atom is -0.383 e. The van der Waals surface area contributed by atoms with Gasteiger partial charge in [0.1, 0.15) is 12.1 Å². The molecule has 0 unspecified atom stereocenters. The molecule has 1 amide bonds. The standard InChI is InChI=1S/C17H18Cl2N6O2/c1-27-7-5-20-15-13-9-24-25(16(13)23-10-22-15)6-4-21-17(26)12-3-2-11(18)8-14(12)19/h2-3,8-10H,4-7H2,1H3,(H,21,26)(H,20,22,23). The van der Waals surface area contributed by atoms with Crippen molar-refractivity contribution < 1.29 is 9.53 Å². The zero-order valence-electron chi connectivity index (χ0n) is 14.6. The Bertz CT molecular complexity index is 946. The van der Waals surface area contributed by atoms with Crippen LogP contribution in [0.4, 0.5) is 5.82 Å². The summed E-state index contributed by atoms with van der Waals surface area (Å²) in [5.41, 5.74) is 1.06. The molecule has 142 valence electrons. The minimum atomic E-state index is -0.273. The lowest BCUT2D eigenvalue weighted by Gasteiger charge is -2.08. The summed E-state index contributed by atoms with van der Waals surface area (Å²) in [7, 11) is 1.64. The molecule has 10 heteroatoms. The normalized spacial score (nSPS) is 10.9. The lowest BCUT2D eigenvalue weighted by molar-refractivity contribution is 0.0952. The summed E-state index contributed by atoms with van der Waals surface area (Å²) in [5.74, 6) is 0.421. The van der Waals surface area contributed by atoms with E-state index in [9.17, 15) is 4.79 Å². The minimum absolute atomic E-state index is 0.273. The van der Waals surface area contributed by atoms with Crippen LogP contribution in [0.15, 0.2) is 30.7 Å². The van der Waals surface area contributed by atoms with E-state index in [1.54, 1.807) is 30.1 Å². The Labute approximate surface area is 165 Å². The highest BCUT2D eigenvalue weighted by molar-refractivity contribution is 6.36. The van der Waals surface area contributed by atoms with Crippen LogP contribution in [0.25, 0.3) is 11.0 Å². The van der Waals surface area contributed by atoms with Gasteiger partial charge in [-0.05, 0) is 18.2 Å². The highest BCUT2D eigenvalue weighted by Gasteiger charge is 2.12. The van der Waals surface area contributed by atoms with Crippen LogP contribution in [0.2, 0.25) is 10.0 Å². The van der Waals surface area contributed by atoms with E-state index in [-0.39, 0.29) is 5.91 Å². The molecule has 1 aromatic carbocycles. The summed E-state index contributed by atoms with van der Waals surface area (Å²) in [6, 6.07) is 4.75. The van der Waals surface area contributed by atoms with Gasteiger partial charge < -0.3 is 15.4 Å². The van der Waals surface area contributed by atoms with Crippen LogP contribution in [0.3, 0.4) is 0 Å². The predicted molar refractivity (Wildman–Crippen MR) is 104 cm³/mol. The van der Waals surface area contributed by atoms with E-state index < -0.39 is 0 Å². The fourth-order valence-electron chi connectivity index (χ4n) is 2.51.